The highest BCUT2D eigenvalue weighted by molar-refractivity contribution is 7.92. The molecule has 0 bridgehead atoms. The third-order valence-electron chi connectivity index (χ3n) is 5.44. The number of nitrogens with one attached hydrogen (secondary N) is 1. The Balaban J connectivity index is 1.92. The highest BCUT2D eigenvalue weighted by Gasteiger charge is 2.24. The quantitative estimate of drug-likeness (QED) is 0.576. The Morgan fingerprint density at radius 2 is 1.65 bits per heavy atom. The molecule has 0 saturated carbocycles. The summed E-state index contributed by atoms with van der Waals surface area (Å²) in [4.78, 5) is 12.5. The summed E-state index contributed by atoms with van der Waals surface area (Å²) in [6.45, 7) is 10.5. The fraction of sp³-hybridized carbons (Fsp3) is 0.480. The van der Waals surface area contributed by atoms with Crippen LogP contribution in [-0.2, 0) is 20.2 Å². The van der Waals surface area contributed by atoms with Crippen LogP contribution >= 0.6 is 0 Å². The molecule has 0 aromatic heterocycles. The van der Waals surface area contributed by atoms with Gasteiger partial charge in [-0.3, -0.25) is 9.10 Å². The summed E-state index contributed by atoms with van der Waals surface area (Å²) < 4.78 is 26.0. The van der Waals surface area contributed by atoms with Crippen LogP contribution in [0.1, 0.15) is 56.7 Å². The Labute approximate surface area is 187 Å². The van der Waals surface area contributed by atoms with E-state index < -0.39 is 10.0 Å². The van der Waals surface area contributed by atoms with Gasteiger partial charge in [0.2, 0.25) is 15.9 Å². The van der Waals surface area contributed by atoms with Crippen LogP contribution in [0, 0.1) is 13.8 Å². The maximum atomic E-state index is 12.5. The van der Waals surface area contributed by atoms with E-state index in [-0.39, 0.29) is 30.3 Å². The van der Waals surface area contributed by atoms with Gasteiger partial charge >= 0.3 is 0 Å². The molecule has 1 N–H and O–H groups in total. The SMILES string of the molecule is Cc1cc(C)cc(N(CCCC(=O)NC(C)CC(C)(C)c2ccccc2)S(C)(=O)=O)c1. The monoisotopic (exact) mass is 444 g/mol. The molecule has 0 heterocycles. The second-order valence-corrected chi connectivity index (χ2v) is 11.1. The number of benzene rings is 2. The van der Waals surface area contributed by atoms with Gasteiger partial charge in [0.1, 0.15) is 0 Å². The van der Waals surface area contributed by atoms with Gasteiger partial charge in [0.15, 0.2) is 0 Å². The van der Waals surface area contributed by atoms with E-state index >= 15 is 0 Å². The molecule has 2 aromatic carbocycles. The van der Waals surface area contributed by atoms with Gasteiger partial charge in [0.05, 0.1) is 11.9 Å². The van der Waals surface area contributed by atoms with Gasteiger partial charge in [-0.1, -0.05) is 50.2 Å². The first-order chi connectivity index (χ1) is 14.4. The molecule has 1 atom stereocenters. The van der Waals surface area contributed by atoms with Crippen molar-refractivity contribution in [2.24, 2.45) is 0 Å². The number of aryl methyl sites for hydroxylation is 2. The number of amides is 1. The Kier molecular flexibility index (Phi) is 8.29. The average molecular weight is 445 g/mol. The third kappa shape index (κ3) is 7.69. The highest BCUT2D eigenvalue weighted by Crippen LogP contribution is 2.28. The van der Waals surface area contributed by atoms with Gasteiger partial charge in [-0.05, 0) is 67.9 Å². The fourth-order valence-electron chi connectivity index (χ4n) is 4.13. The predicted molar refractivity (Wildman–Crippen MR) is 129 cm³/mol. The van der Waals surface area contributed by atoms with Gasteiger partial charge in [-0.25, -0.2) is 8.42 Å². The molecule has 2 rings (SSSR count). The van der Waals surface area contributed by atoms with Gasteiger partial charge < -0.3 is 5.32 Å². The summed E-state index contributed by atoms with van der Waals surface area (Å²) in [5, 5.41) is 3.07. The van der Waals surface area contributed by atoms with E-state index in [1.54, 1.807) is 0 Å². The molecule has 5 nitrogen and oxygen atoms in total. The van der Waals surface area contributed by atoms with E-state index in [1.165, 1.54) is 16.1 Å². The molecule has 170 valence electrons. The van der Waals surface area contributed by atoms with E-state index in [0.717, 1.165) is 17.5 Å². The molecule has 1 unspecified atom stereocenters. The standard InChI is InChI=1S/C25H36N2O3S/c1-19-15-20(2)17-23(16-19)27(31(6,29)30)14-10-13-24(28)26-21(3)18-25(4,5)22-11-8-7-9-12-22/h7-9,11-12,15-17,21H,10,13-14,18H2,1-6H3,(H,26,28). The zero-order chi connectivity index (χ0) is 23.2. The van der Waals surface area contributed by atoms with Crippen LogP contribution in [0.2, 0.25) is 0 Å². The molecule has 31 heavy (non-hydrogen) atoms. The molecule has 0 aliphatic rings. The number of anilines is 1. The minimum atomic E-state index is -3.43. The number of hydrogen-bond donors (Lipinski definition) is 1. The molecular formula is C25H36N2O3S. The lowest BCUT2D eigenvalue weighted by atomic mass is 9.79. The summed E-state index contributed by atoms with van der Waals surface area (Å²) >= 11 is 0. The Bertz CT molecular complexity index is 965. The zero-order valence-corrected chi connectivity index (χ0v) is 20.4. The molecule has 0 aliphatic heterocycles. The molecule has 6 heteroatoms. The van der Waals surface area contributed by atoms with E-state index in [2.05, 4.69) is 31.3 Å². The Hall–Kier alpha value is -2.34. The van der Waals surface area contributed by atoms with Crippen LogP contribution in [0.15, 0.2) is 48.5 Å². The van der Waals surface area contributed by atoms with Crippen LogP contribution in [-0.4, -0.2) is 33.2 Å². The lowest BCUT2D eigenvalue weighted by molar-refractivity contribution is -0.121. The fourth-order valence-corrected chi connectivity index (χ4v) is 5.08. The molecule has 0 radical (unpaired) electrons. The first-order valence-electron chi connectivity index (χ1n) is 10.8. The van der Waals surface area contributed by atoms with E-state index in [1.807, 2.05) is 57.2 Å². The number of sulfonamides is 1. The molecule has 2 aromatic rings. The number of rotatable bonds is 10. The average Bonchev–Trinajstić information content (AvgIpc) is 2.63. The lowest BCUT2D eigenvalue weighted by Crippen LogP contribution is -2.38. The smallest absolute Gasteiger partial charge is 0.232 e. The largest absolute Gasteiger partial charge is 0.354 e. The predicted octanol–water partition coefficient (Wildman–Crippen LogP) is 4.72. The van der Waals surface area contributed by atoms with Crippen molar-refractivity contribution in [3.05, 3.63) is 65.2 Å². The zero-order valence-electron chi connectivity index (χ0n) is 19.6. The van der Waals surface area contributed by atoms with Crippen LogP contribution in [0.3, 0.4) is 0 Å². The van der Waals surface area contributed by atoms with Crippen molar-refractivity contribution in [1.29, 1.82) is 0 Å². The van der Waals surface area contributed by atoms with E-state index in [4.69, 9.17) is 0 Å². The minimum Gasteiger partial charge on any atom is -0.354 e. The van der Waals surface area contributed by atoms with Gasteiger partial charge in [-0.15, -0.1) is 0 Å². The van der Waals surface area contributed by atoms with Gasteiger partial charge in [-0.2, -0.15) is 0 Å². The maximum Gasteiger partial charge on any atom is 0.232 e. The molecule has 0 fully saturated rings. The second kappa shape index (κ2) is 10.3. The first-order valence-corrected chi connectivity index (χ1v) is 12.6. The number of nitrogens with zero attached hydrogens (tertiary/aromatic N) is 1. The van der Waals surface area contributed by atoms with Crippen molar-refractivity contribution < 1.29 is 13.2 Å². The first kappa shape index (κ1) is 24.9. The van der Waals surface area contributed by atoms with Gasteiger partial charge in [0.25, 0.3) is 0 Å². The summed E-state index contributed by atoms with van der Waals surface area (Å²) in [6.07, 6.45) is 2.77. The lowest BCUT2D eigenvalue weighted by Gasteiger charge is -2.29. The molecule has 0 saturated heterocycles. The molecular weight excluding hydrogens is 408 g/mol. The van der Waals surface area contributed by atoms with Crippen LogP contribution in [0.4, 0.5) is 5.69 Å². The summed E-state index contributed by atoms with van der Waals surface area (Å²) in [7, 11) is -3.43. The van der Waals surface area contributed by atoms with Crippen molar-refractivity contribution in [3.63, 3.8) is 0 Å². The van der Waals surface area contributed by atoms with Crippen molar-refractivity contribution in [3.8, 4) is 0 Å². The minimum absolute atomic E-state index is 0.0214. The van der Waals surface area contributed by atoms with Crippen molar-refractivity contribution in [2.75, 3.05) is 17.1 Å². The van der Waals surface area contributed by atoms with E-state index in [0.29, 0.717) is 12.1 Å². The van der Waals surface area contributed by atoms with Gasteiger partial charge in [0, 0.05) is 19.0 Å². The highest BCUT2D eigenvalue weighted by atomic mass is 32.2. The van der Waals surface area contributed by atoms with Crippen molar-refractivity contribution in [1.82, 2.24) is 5.32 Å². The third-order valence-corrected chi connectivity index (χ3v) is 6.63. The van der Waals surface area contributed by atoms with Crippen LogP contribution in [0.5, 0.6) is 0 Å². The van der Waals surface area contributed by atoms with Crippen LogP contribution in [0.25, 0.3) is 0 Å². The van der Waals surface area contributed by atoms with Crippen molar-refractivity contribution in [2.45, 2.75) is 65.3 Å². The topological polar surface area (TPSA) is 66.5 Å². The molecule has 1 amide bonds. The second-order valence-electron chi connectivity index (χ2n) is 9.21. The van der Waals surface area contributed by atoms with Crippen LogP contribution < -0.4 is 9.62 Å². The normalized spacial score (nSPS) is 13.0. The molecule has 0 aliphatic carbocycles. The number of carbonyl (C=O) groups excluding carboxylic acids is 1. The summed E-state index contributed by atoms with van der Waals surface area (Å²) in [5.41, 5.74) is 3.86. The van der Waals surface area contributed by atoms with E-state index in [9.17, 15) is 13.2 Å². The summed E-state index contributed by atoms with van der Waals surface area (Å²) in [6, 6.07) is 16.0. The molecule has 0 spiro atoms. The summed E-state index contributed by atoms with van der Waals surface area (Å²) in [5.74, 6) is -0.0507. The maximum absolute atomic E-state index is 12.5. The number of carbonyl (C=O) groups is 1. The van der Waals surface area contributed by atoms with Crippen molar-refractivity contribution >= 4 is 21.6 Å². The Morgan fingerprint density at radius 3 is 2.19 bits per heavy atom. The Morgan fingerprint density at radius 1 is 1.06 bits per heavy atom. The number of hydrogen-bond acceptors (Lipinski definition) is 3.